The van der Waals surface area contributed by atoms with Crippen molar-refractivity contribution in [3.8, 4) is 12.3 Å². The highest BCUT2D eigenvalue weighted by Crippen LogP contribution is 2.25. The summed E-state index contributed by atoms with van der Waals surface area (Å²) in [7, 11) is 0. The smallest absolute Gasteiger partial charge is 0.232 e. The molecule has 0 spiro atoms. The standard InChI is InChI=1S/C16H20N2O/c1-3-9-18(10-4-2)16(19)15-12-17-11-13-7-5-6-8-14(13)15/h1,5-8,15,17H,4,9-12H2,2H3. The minimum atomic E-state index is -0.107. The fourth-order valence-electron chi connectivity index (χ4n) is 2.58. The Labute approximate surface area is 115 Å². The van der Waals surface area contributed by atoms with E-state index in [1.54, 1.807) is 4.90 Å². The summed E-state index contributed by atoms with van der Waals surface area (Å²) >= 11 is 0. The number of rotatable bonds is 4. The number of terminal acetylenes is 1. The largest absolute Gasteiger partial charge is 0.331 e. The number of carbonyl (C=O) groups is 1. The Hall–Kier alpha value is -1.79. The predicted octanol–water partition coefficient (Wildman–Crippen LogP) is 1.75. The Balaban J connectivity index is 2.22. The van der Waals surface area contributed by atoms with Crippen molar-refractivity contribution in [2.24, 2.45) is 0 Å². The van der Waals surface area contributed by atoms with Gasteiger partial charge in [0, 0.05) is 19.6 Å². The summed E-state index contributed by atoms with van der Waals surface area (Å²) in [6, 6.07) is 8.14. The number of hydrogen-bond acceptors (Lipinski definition) is 2. The highest BCUT2D eigenvalue weighted by atomic mass is 16.2. The molecule has 2 rings (SSSR count). The maximum absolute atomic E-state index is 12.6. The summed E-state index contributed by atoms with van der Waals surface area (Å²) < 4.78 is 0. The van der Waals surface area contributed by atoms with Gasteiger partial charge in [0.25, 0.3) is 0 Å². The lowest BCUT2D eigenvalue weighted by Crippen LogP contribution is -2.42. The number of nitrogens with zero attached hydrogens (tertiary/aromatic N) is 1. The van der Waals surface area contributed by atoms with E-state index >= 15 is 0 Å². The van der Waals surface area contributed by atoms with E-state index in [2.05, 4.69) is 30.3 Å². The zero-order valence-electron chi connectivity index (χ0n) is 11.4. The van der Waals surface area contributed by atoms with Gasteiger partial charge in [0.05, 0.1) is 12.5 Å². The third-order valence-electron chi connectivity index (χ3n) is 3.48. The van der Waals surface area contributed by atoms with E-state index in [1.807, 2.05) is 12.1 Å². The van der Waals surface area contributed by atoms with Crippen molar-refractivity contribution in [3.63, 3.8) is 0 Å². The summed E-state index contributed by atoms with van der Waals surface area (Å²) in [5.41, 5.74) is 2.36. The lowest BCUT2D eigenvalue weighted by molar-refractivity contribution is -0.132. The van der Waals surface area contributed by atoms with Gasteiger partial charge in [0.15, 0.2) is 0 Å². The molecule has 1 aliphatic rings. The zero-order valence-corrected chi connectivity index (χ0v) is 11.4. The van der Waals surface area contributed by atoms with Crippen LogP contribution in [0.2, 0.25) is 0 Å². The Morgan fingerprint density at radius 1 is 1.53 bits per heavy atom. The Morgan fingerprint density at radius 2 is 2.32 bits per heavy atom. The van der Waals surface area contributed by atoms with E-state index in [0.717, 1.165) is 25.1 Å². The molecule has 1 heterocycles. The lowest BCUT2D eigenvalue weighted by atomic mass is 9.89. The monoisotopic (exact) mass is 256 g/mol. The minimum Gasteiger partial charge on any atom is -0.331 e. The van der Waals surface area contributed by atoms with Crippen molar-refractivity contribution in [2.75, 3.05) is 19.6 Å². The van der Waals surface area contributed by atoms with Crippen molar-refractivity contribution in [1.29, 1.82) is 0 Å². The van der Waals surface area contributed by atoms with Crippen LogP contribution in [0.25, 0.3) is 0 Å². The average molecular weight is 256 g/mol. The van der Waals surface area contributed by atoms with Gasteiger partial charge in [0.2, 0.25) is 5.91 Å². The van der Waals surface area contributed by atoms with Crippen LogP contribution in [0.4, 0.5) is 0 Å². The summed E-state index contributed by atoms with van der Waals surface area (Å²) in [6.07, 6.45) is 6.29. The third-order valence-corrected chi connectivity index (χ3v) is 3.48. The molecule has 0 radical (unpaired) electrons. The first-order valence-corrected chi connectivity index (χ1v) is 6.78. The first-order chi connectivity index (χ1) is 9.27. The van der Waals surface area contributed by atoms with Crippen LogP contribution in [0.1, 0.15) is 30.4 Å². The molecule has 1 aromatic carbocycles. The fourth-order valence-corrected chi connectivity index (χ4v) is 2.58. The maximum atomic E-state index is 12.6. The van der Waals surface area contributed by atoms with Gasteiger partial charge >= 0.3 is 0 Å². The molecule has 100 valence electrons. The summed E-state index contributed by atoms with van der Waals surface area (Å²) in [5.74, 6) is 2.61. The molecule has 0 saturated carbocycles. The SMILES string of the molecule is C#CCN(CCC)C(=O)C1CNCc2ccccc21. The number of fused-ring (bicyclic) bond motifs is 1. The number of carbonyl (C=O) groups excluding carboxylic acids is 1. The van der Waals surface area contributed by atoms with Crippen molar-refractivity contribution in [2.45, 2.75) is 25.8 Å². The summed E-state index contributed by atoms with van der Waals surface area (Å²) in [4.78, 5) is 14.4. The Bertz CT molecular complexity index is 490. The predicted molar refractivity (Wildman–Crippen MR) is 76.6 cm³/mol. The van der Waals surface area contributed by atoms with Gasteiger partial charge in [-0.05, 0) is 17.5 Å². The first-order valence-electron chi connectivity index (χ1n) is 6.78. The summed E-state index contributed by atoms with van der Waals surface area (Å²) in [6.45, 7) is 4.71. The quantitative estimate of drug-likeness (QED) is 0.832. The Morgan fingerprint density at radius 3 is 3.05 bits per heavy atom. The molecule has 0 saturated heterocycles. The molecular formula is C16H20N2O. The number of nitrogens with one attached hydrogen (secondary N) is 1. The summed E-state index contributed by atoms with van der Waals surface area (Å²) in [5, 5.41) is 3.31. The zero-order chi connectivity index (χ0) is 13.7. The van der Waals surface area contributed by atoms with Crippen LogP contribution >= 0.6 is 0 Å². The van der Waals surface area contributed by atoms with E-state index in [0.29, 0.717) is 13.1 Å². The fraction of sp³-hybridized carbons (Fsp3) is 0.438. The first kappa shape index (κ1) is 13.6. The molecule has 0 aliphatic carbocycles. The van der Waals surface area contributed by atoms with E-state index < -0.39 is 0 Å². The Kier molecular flexibility index (Phi) is 4.59. The molecule has 19 heavy (non-hydrogen) atoms. The minimum absolute atomic E-state index is 0.107. The molecule has 1 amide bonds. The van der Waals surface area contributed by atoms with Crippen LogP contribution in [-0.2, 0) is 11.3 Å². The second-order valence-corrected chi connectivity index (χ2v) is 4.85. The molecule has 3 heteroatoms. The van der Waals surface area contributed by atoms with E-state index in [4.69, 9.17) is 6.42 Å². The van der Waals surface area contributed by atoms with Crippen LogP contribution in [0.3, 0.4) is 0 Å². The van der Waals surface area contributed by atoms with Crippen LogP contribution in [-0.4, -0.2) is 30.4 Å². The second kappa shape index (κ2) is 6.40. The molecule has 1 atom stereocenters. The average Bonchev–Trinajstić information content (AvgIpc) is 2.46. The molecule has 1 aliphatic heterocycles. The molecule has 1 N–H and O–H groups in total. The molecule has 3 nitrogen and oxygen atoms in total. The topological polar surface area (TPSA) is 32.3 Å². The highest BCUT2D eigenvalue weighted by molar-refractivity contribution is 5.85. The molecule has 0 aromatic heterocycles. The van der Waals surface area contributed by atoms with Gasteiger partial charge in [0.1, 0.15) is 0 Å². The molecule has 0 bridgehead atoms. The van der Waals surface area contributed by atoms with Gasteiger partial charge in [-0.3, -0.25) is 4.79 Å². The maximum Gasteiger partial charge on any atom is 0.232 e. The van der Waals surface area contributed by atoms with Crippen LogP contribution in [0, 0.1) is 12.3 Å². The van der Waals surface area contributed by atoms with Crippen molar-refractivity contribution in [1.82, 2.24) is 10.2 Å². The number of benzene rings is 1. The van der Waals surface area contributed by atoms with E-state index in [9.17, 15) is 4.79 Å². The number of hydrogen-bond donors (Lipinski definition) is 1. The van der Waals surface area contributed by atoms with Crippen LogP contribution in [0.15, 0.2) is 24.3 Å². The highest BCUT2D eigenvalue weighted by Gasteiger charge is 2.29. The van der Waals surface area contributed by atoms with Crippen molar-refractivity contribution in [3.05, 3.63) is 35.4 Å². The molecular weight excluding hydrogens is 236 g/mol. The van der Waals surface area contributed by atoms with Crippen molar-refractivity contribution >= 4 is 5.91 Å². The van der Waals surface area contributed by atoms with Gasteiger partial charge in [-0.2, -0.15) is 0 Å². The van der Waals surface area contributed by atoms with Crippen LogP contribution in [0.5, 0.6) is 0 Å². The van der Waals surface area contributed by atoms with Crippen LogP contribution < -0.4 is 5.32 Å². The lowest BCUT2D eigenvalue weighted by Gasteiger charge is -2.30. The van der Waals surface area contributed by atoms with E-state index in [-0.39, 0.29) is 11.8 Å². The van der Waals surface area contributed by atoms with Gasteiger partial charge in [-0.25, -0.2) is 0 Å². The van der Waals surface area contributed by atoms with Gasteiger partial charge < -0.3 is 10.2 Å². The third kappa shape index (κ3) is 2.97. The van der Waals surface area contributed by atoms with Gasteiger partial charge in [-0.15, -0.1) is 6.42 Å². The second-order valence-electron chi connectivity index (χ2n) is 4.85. The van der Waals surface area contributed by atoms with Crippen molar-refractivity contribution < 1.29 is 4.79 Å². The molecule has 1 aromatic rings. The molecule has 1 unspecified atom stereocenters. The van der Waals surface area contributed by atoms with E-state index in [1.165, 1.54) is 5.56 Å². The van der Waals surface area contributed by atoms with Gasteiger partial charge in [-0.1, -0.05) is 37.1 Å². The number of amides is 1. The molecule has 0 fully saturated rings. The normalized spacial score (nSPS) is 17.4.